The lowest BCUT2D eigenvalue weighted by Gasteiger charge is -2.14. The molecule has 152 valence electrons. The van der Waals surface area contributed by atoms with Gasteiger partial charge in [-0.3, -0.25) is 14.5 Å². The Morgan fingerprint density at radius 1 is 1.10 bits per heavy atom. The van der Waals surface area contributed by atoms with Gasteiger partial charge in [-0.25, -0.2) is 0 Å². The molecule has 1 amide bonds. The number of anilines is 2. The largest absolute Gasteiger partial charge is 0.355 e. The Balaban J connectivity index is 1.81. The van der Waals surface area contributed by atoms with Gasteiger partial charge in [-0.15, -0.1) is 0 Å². The van der Waals surface area contributed by atoms with Crippen LogP contribution in [0.4, 0.5) is 11.4 Å². The predicted molar refractivity (Wildman–Crippen MR) is 121 cm³/mol. The smallest absolute Gasteiger partial charge is 0.254 e. The van der Waals surface area contributed by atoms with E-state index in [1.807, 2.05) is 65.5 Å². The number of fused-ring (bicyclic) bond motifs is 1. The highest BCUT2D eigenvalue weighted by Crippen LogP contribution is 2.32. The number of benzene rings is 2. The van der Waals surface area contributed by atoms with Crippen LogP contribution in [-0.2, 0) is 6.54 Å². The van der Waals surface area contributed by atoms with Gasteiger partial charge < -0.3 is 10.6 Å². The number of aryl methyl sites for hydroxylation is 1. The molecule has 0 fully saturated rings. The summed E-state index contributed by atoms with van der Waals surface area (Å²) in [6, 6.07) is 17.9. The van der Waals surface area contributed by atoms with E-state index in [0.29, 0.717) is 5.56 Å². The molecule has 0 spiro atoms. The highest BCUT2D eigenvalue weighted by molar-refractivity contribution is 6.08. The molecule has 30 heavy (non-hydrogen) atoms. The van der Waals surface area contributed by atoms with Gasteiger partial charge >= 0.3 is 0 Å². The molecule has 4 aromatic rings. The summed E-state index contributed by atoms with van der Waals surface area (Å²) in [7, 11) is 1.62. The number of para-hydroxylation sites is 1. The zero-order valence-corrected chi connectivity index (χ0v) is 17.2. The van der Waals surface area contributed by atoms with E-state index in [2.05, 4.69) is 22.5 Å². The SMILES string of the molecule is CCCCn1ccc(-c2ccc3ncc(C(=O)NC)c(Nc4ccccc4)c3c2)n1. The van der Waals surface area contributed by atoms with E-state index < -0.39 is 0 Å². The third kappa shape index (κ3) is 4.03. The molecule has 6 nitrogen and oxygen atoms in total. The number of nitrogens with one attached hydrogen (secondary N) is 2. The summed E-state index contributed by atoms with van der Waals surface area (Å²) in [4.78, 5) is 17.0. The van der Waals surface area contributed by atoms with Gasteiger partial charge in [-0.1, -0.05) is 37.6 Å². The fourth-order valence-electron chi connectivity index (χ4n) is 3.42. The number of hydrogen-bond acceptors (Lipinski definition) is 4. The monoisotopic (exact) mass is 399 g/mol. The topological polar surface area (TPSA) is 71.8 Å². The van der Waals surface area contributed by atoms with E-state index in [-0.39, 0.29) is 5.91 Å². The Morgan fingerprint density at radius 3 is 2.70 bits per heavy atom. The first-order valence-corrected chi connectivity index (χ1v) is 10.2. The Labute approximate surface area is 176 Å². The van der Waals surface area contributed by atoms with E-state index in [0.717, 1.165) is 52.9 Å². The molecule has 0 saturated carbocycles. The van der Waals surface area contributed by atoms with Crippen LogP contribution in [0.3, 0.4) is 0 Å². The quantitative estimate of drug-likeness (QED) is 0.459. The molecular formula is C24H25N5O. The molecule has 6 heteroatoms. The minimum absolute atomic E-state index is 0.183. The first-order valence-electron chi connectivity index (χ1n) is 10.2. The van der Waals surface area contributed by atoms with Crippen molar-refractivity contribution in [1.29, 1.82) is 0 Å². The maximum atomic E-state index is 12.5. The van der Waals surface area contributed by atoms with Crippen LogP contribution in [-0.4, -0.2) is 27.7 Å². The maximum absolute atomic E-state index is 12.5. The highest BCUT2D eigenvalue weighted by Gasteiger charge is 2.16. The minimum atomic E-state index is -0.183. The van der Waals surface area contributed by atoms with Crippen molar-refractivity contribution in [2.24, 2.45) is 0 Å². The van der Waals surface area contributed by atoms with Gasteiger partial charge in [0.05, 0.1) is 22.5 Å². The van der Waals surface area contributed by atoms with Gasteiger partial charge in [0.2, 0.25) is 0 Å². The molecule has 4 rings (SSSR count). The second kappa shape index (κ2) is 8.78. The van der Waals surface area contributed by atoms with Crippen LogP contribution >= 0.6 is 0 Å². The minimum Gasteiger partial charge on any atom is -0.355 e. The number of unbranched alkanes of at least 4 members (excludes halogenated alkanes) is 1. The van der Waals surface area contributed by atoms with Crippen LogP contribution in [0.25, 0.3) is 22.2 Å². The number of rotatable bonds is 7. The Bertz CT molecular complexity index is 1170. The van der Waals surface area contributed by atoms with Gasteiger partial charge in [0.25, 0.3) is 5.91 Å². The summed E-state index contributed by atoms with van der Waals surface area (Å²) in [5.41, 5.74) is 4.85. The fourth-order valence-corrected chi connectivity index (χ4v) is 3.42. The summed E-state index contributed by atoms with van der Waals surface area (Å²) in [5.74, 6) is -0.183. The molecule has 0 aliphatic heterocycles. The van der Waals surface area contributed by atoms with Crippen molar-refractivity contribution in [3.8, 4) is 11.3 Å². The fraction of sp³-hybridized carbons (Fsp3) is 0.208. The number of aromatic nitrogens is 3. The Morgan fingerprint density at radius 2 is 1.93 bits per heavy atom. The van der Waals surface area contributed by atoms with E-state index in [1.54, 1.807) is 13.2 Å². The zero-order valence-electron chi connectivity index (χ0n) is 17.2. The lowest BCUT2D eigenvalue weighted by atomic mass is 10.0. The van der Waals surface area contributed by atoms with Crippen molar-refractivity contribution in [3.63, 3.8) is 0 Å². The van der Waals surface area contributed by atoms with Crippen LogP contribution < -0.4 is 10.6 Å². The molecule has 2 heterocycles. The normalized spacial score (nSPS) is 10.9. The van der Waals surface area contributed by atoms with Gasteiger partial charge in [-0.05, 0) is 36.8 Å². The van der Waals surface area contributed by atoms with Crippen molar-refractivity contribution in [2.75, 3.05) is 12.4 Å². The van der Waals surface area contributed by atoms with Crippen LogP contribution in [0.15, 0.2) is 67.0 Å². The number of nitrogens with zero attached hydrogens (tertiary/aromatic N) is 3. The Kier molecular flexibility index (Phi) is 5.75. The molecule has 2 aromatic carbocycles. The van der Waals surface area contributed by atoms with Crippen LogP contribution in [0, 0.1) is 0 Å². The number of hydrogen-bond donors (Lipinski definition) is 2. The van der Waals surface area contributed by atoms with Crippen molar-refractivity contribution in [3.05, 3.63) is 72.6 Å². The molecule has 0 bridgehead atoms. The maximum Gasteiger partial charge on any atom is 0.254 e. The van der Waals surface area contributed by atoms with Gasteiger partial charge in [0, 0.05) is 42.6 Å². The van der Waals surface area contributed by atoms with Crippen molar-refractivity contribution in [1.82, 2.24) is 20.1 Å². The van der Waals surface area contributed by atoms with Gasteiger partial charge in [0.1, 0.15) is 0 Å². The van der Waals surface area contributed by atoms with Crippen LogP contribution in [0.2, 0.25) is 0 Å². The summed E-state index contributed by atoms with van der Waals surface area (Å²) in [6.07, 6.45) is 5.86. The second-order valence-corrected chi connectivity index (χ2v) is 7.17. The third-order valence-corrected chi connectivity index (χ3v) is 5.06. The lowest BCUT2D eigenvalue weighted by Crippen LogP contribution is -2.19. The number of carbonyl (C=O) groups excluding carboxylic acids is 1. The molecule has 0 aliphatic carbocycles. The third-order valence-electron chi connectivity index (χ3n) is 5.06. The summed E-state index contributed by atoms with van der Waals surface area (Å²) < 4.78 is 1.98. The van der Waals surface area contributed by atoms with Crippen molar-refractivity contribution >= 4 is 28.2 Å². The second-order valence-electron chi connectivity index (χ2n) is 7.17. The van der Waals surface area contributed by atoms with Gasteiger partial charge in [0.15, 0.2) is 0 Å². The van der Waals surface area contributed by atoms with Gasteiger partial charge in [-0.2, -0.15) is 5.10 Å². The van der Waals surface area contributed by atoms with Crippen LogP contribution in [0.5, 0.6) is 0 Å². The van der Waals surface area contributed by atoms with E-state index in [4.69, 9.17) is 5.10 Å². The molecule has 2 N–H and O–H groups in total. The number of amides is 1. The Hall–Kier alpha value is -3.67. The molecule has 0 aliphatic rings. The van der Waals surface area contributed by atoms with E-state index >= 15 is 0 Å². The summed E-state index contributed by atoms with van der Waals surface area (Å²) >= 11 is 0. The highest BCUT2D eigenvalue weighted by atomic mass is 16.1. The first-order chi connectivity index (χ1) is 14.7. The van der Waals surface area contributed by atoms with Crippen molar-refractivity contribution in [2.45, 2.75) is 26.3 Å². The number of pyridine rings is 1. The average molecular weight is 399 g/mol. The standard InChI is InChI=1S/C24H25N5O/c1-3-4-13-29-14-12-21(28-29)17-10-11-22-19(15-17)23(20(16-26-22)24(30)25-2)27-18-8-6-5-7-9-18/h5-12,14-16H,3-4,13H2,1-2H3,(H,25,30)(H,26,27). The van der Waals surface area contributed by atoms with E-state index in [1.165, 1.54) is 0 Å². The molecule has 2 aromatic heterocycles. The number of carbonyl (C=O) groups is 1. The summed E-state index contributed by atoms with van der Waals surface area (Å²) in [6.45, 7) is 3.08. The molecular weight excluding hydrogens is 374 g/mol. The molecule has 0 atom stereocenters. The average Bonchev–Trinajstić information content (AvgIpc) is 3.27. The lowest BCUT2D eigenvalue weighted by molar-refractivity contribution is 0.0963. The summed E-state index contributed by atoms with van der Waals surface area (Å²) in [5, 5.41) is 11.7. The molecule has 0 radical (unpaired) electrons. The zero-order chi connectivity index (χ0) is 20.9. The molecule has 0 saturated heterocycles. The predicted octanol–water partition coefficient (Wildman–Crippen LogP) is 5.00. The first kappa shape index (κ1) is 19.6. The van der Waals surface area contributed by atoms with E-state index in [9.17, 15) is 4.79 Å². The van der Waals surface area contributed by atoms with Crippen molar-refractivity contribution < 1.29 is 4.79 Å². The van der Waals surface area contributed by atoms with Crippen LogP contribution in [0.1, 0.15) is 30.1 Å². The molecule has 0 unspecified atom stereocenters.